The van der Waals surface area contributed by atoms with Crippen molar-refractivity contribution in [3.63, 3.8) is 0 Å². The molecule has 0 bridgehead atoms. The first-order valence-electron chi connectivity index (χ1n) is 9.53. The van der Waals surface area contributed by atoms with Crippen LogP contribution in [0.15, 0.2) is 12.2 Å². The highest BCUT2D eigenvalue weighted by atomic mass is 16.4. The molecule has 2 unspecified atom stereocenters. The van der Waals surface area contributed by atoms with Gasteiger partial charge in [0.2, 0.25) is 0 Å². The van der Waals surface area contributed by atoms with E-state index < -0.39 is 5.97 Å². The molecule has 22 heavy (non-hydrogen) atoms. The van der Waals surface area contributed by atoms with Crippen molar-refractivity contribution in [3.8, 4) is 0 Å². The fraction of sp³-hybridized carbons (Fsp3) is 0.850. The predicted molar refractivity (Wildman–Crippen MR) is 96.2 cm³/mol. The number of carbonyl (C=O) groups is 1. The van der Waals surface area contributed by atoms with Crippen molar-refractivity contribution in [2.24, 2.45) is 11.8 Å². The minimum Gasteiger partial charge on any atom is -0.481 e. The van der Waals surface area contributed by atoms with Crippen molar-refractivity contribution in [1.82, 2.24) is 0 Å². The molecule has 0 rings (SSSR count). The maximum Gasteiger partial charge on any atom is 0.306 e. The van der Waals surface area contributed by atoms with Crippen LogP contribution in [0.4, 0.5) is 0 Å². The van der Waals surface area contributed by atoms with Crippen LogP contribution in [0.3, 0.4) is 0 Å². The van der Waals surface area contributed by atoms with Gasteiger partial charge in [-0.1, -0.05) is 77.9 Å². The molecule has 2 heteroatoms. The van der Waals surface area contributed by atoms with E-state index in [1.54, 1.807) is 0 Å². The third-order valence-electron chi connectivity index (χ3n) is 4.59. The summed E-state index contributed by atoms with van der Waals surface area (Å²) in [5.41, 5.74) is 0. The summed E-state index contributed by atoms with van der Waals surface area (Å²) in [4.78, 5) is 11.5. The van der Waals surface area contributed by atoms with Crippen LogP contribution in [-0.2, 0) is 4.79 Å². The van der Waals surface area contributed by atoms with Crippen LogP contribution in [0.5, 0.6) is 0 Å². The van der Waals surface area contributed by atoms with Crippen molar-refractivity contribution >= 4 is 5.97 Å². The van der Waals surface area contributed by atoms with Gasteiger partial charge < -0.3 is 5.11 Å². The van der Waals surface area contributed by atoms with E-state index in [1.807, 2.05) is 0 Å². The van der Waals surface area contributed by atoms with Crippen LogP contribution in [0.25, 0.3) is 0 Å². The maximum absolute atomic E-state index is 11.5. The fourth-order valence-corrected chi connectivity index (χ4v) is 3.02. The number of carboxylic acids is 1. The molecule has 0 aromatic heterocycles. The number of carboxylic acid groups (broad SMARTS) is 1. The van der Waals surface area contributed by atoms with E-state index >= 15 is 0 Å². The van der Waals surface area contributed by atoms with Gasteiger partial charge in [0.1, 0.15) is 0 Å². The maximum atomic E-state index is 11.5. The molecule has 2 atom stereocenters. The largest absolute Gasteiger partial charge is 0.481 e. The number of rotatable bonds is 15. The molecule has 0 spiro atoms. The highest BCUT2D eigenvalue weighted by molar-refractivity contribution is 5.69. The van der Waals surface area contributed by atoms with E-state index in [2.05, 4.69) is 32.9 Å². The molecule has 0 aromatic rings. The molecule has 0 aliphatic rings. The van der Waals surface area contributed by atoms with Gasteiger partial charge in [-0.25, -0.2) is 0 Å². The topological polar surface area (TPSA) is 37.3 Å². The second kappa shape index (κ2) is 15.1. The summed E-state index contributed by atoms with van der Waals surface area (Å²) in [6.07, 6.45) is 18.0. The molecular formula is C20H38O2. The zero-order valence-electron chi connectivity index (χ0n) is 15.2. The van der Waals surface area contributed by atoms with Crippen LogP contribution in [0.1, 0.15) is 97.8 Å². The third-order valence-corrected chi connectivity index (χ3v) is 4.59. The normalized spacial score (nSPS) is 14.3. The monoisotopic (exact) mass is 310 g/mol. The molecule has 0 radical (unpaired) electrons. The average molecular weight is 311 g/mol. The summed E-state index contributed by atoms with van der Waals surface area (Å²) < 4.78 is 0. The summed E-state index contributed by atoms with van der Waals surface area (Å²) >= 11 is 0. The van der Waals surface area contributed by atoms with E-state index in [1.165, 1.54) is 44.9 Å². The number of hydrogen-bond acceptors (Lipinski definition) is 1. The Balaban J connectivity index is 3.89. The highest BCUT2D eigenvalue weighted by Crippen LogP contribution is 2.25. The van der Waals surface area contributed by atoms with Gasteiger partial charge in [-0.2, -0.15) is 0 Å². The minimum absolute atomic E-state index is 0.123. The number of hydrogen-bond donors (Lipinski definition) is 1. The molecule has 130 valence electrons. The zero-order chi connectivity index (χ0) is 16.6. The highest BCUT2D eigenvalue weighted by Gasteiger charge is 2.21. The Labute approximate surface area is 138 Å². The van der Waals surface area contributed by atoms with Gasteiger partial charge in [0, 0.05) is 0 Å². The summed E-state index contributed by atoms with van der Waals surface area (Å²) in [7, 11) is 0. The van der Waals surface area contributed by atoms with Gasteiger partial charge in [0.15, 0.2) is 0 Å². The van der Waals surface area contributed by atoms with Crippen molar-refractivity contribution in [2.45, 2.75) is 97.8 Å². The van der Waals surface area contributed by atoms with Crippen LogP contribution in [0, 0.1) is 11.8 Å². The number of unbranched alkanes of at least 4 members (excludes halogenated alkanes) is 5. The second-order valence-corrected chi connectivity index (χ2v) is 6.56. The van der Waals surface area contributed by atoms with Crippen LogP contribution in [0.2, 0.25) is 0 Å². The van der Waals surface area contributed by atoms with Crippen LogP contribution in [-0.4, -0.2) is 11.1 Å². The second-order valence-electron chi connectivity index (χ2n) is 6.56. The van der Waals surface area contributed by atoms with Gasteiger partial charge in [-0.3, -0.25) is 4.79 Å². The molecule has 0 fully saturated rings. The summed E-state index contributed by atoms with van der Waals surface area (Å²) in [6.45, 7) is 6.56. The van der Waals surface area contributed by atoms with E-state index in [4.69, 9.17) is 0 Å². The summed E-state index contributed by atoms with van der Waals surface area (Å²) in [6, 6.07) is 0. The molecule has 0 aliphatic carbocycles. The minimum atomic E-state index is -0.583. The molecule has 0 saturated carbocycles. The molecule has 1 N–H and O–H groups in total. The van der Waals surface area contributed by atoms with Gasteiger partial charge in [0.25, 0.3) is 0 Å². The first-order chi connectivity index (χ1) is 10.7. The number of allylic oxidation sites excluding steroid dienone is 2. The Morgan fingerprint density at radius 3 is 2.27 bits per heavy atom. The SMILES string of the molecule is CC/C=C/CCCCCCC(CC(CC)CCCC)C(=O)O. The Morgan fingerprint density at radius 1 is 0.955 bits per heavy atom. The first kappa shape index (κ1) is 21.2. The van der Waals surface area contributed by atoms with Gasteiger partial charge >= 0.3 is 5.97 Å². The molecular weight excluding hydrogens is 272 g/mol. The fourth-order valence-electron chi connectivity index (χ4n) is 3.02. The lowest BCUT2D eigenvalue weighted by Crippen LogP contribution is -2.18. The number of aliphatic carboxylic acids is 1. The standard InChI is InChI=1S/C20H38O2/c1-4-7-9-10-11-12-13-14-16-19(20(21)22)17-18(6-3)15-8-5-2/h7,9,18-19H,4-6,8,10-17H2,1-3H3,(H,21,22)/b9-7+. The predicted octanol–water partition coefficient (Wildman–Crippen LogP) is 6.60. The third kappa shape index (κ3) is 11.8. The Hall–Kier alpha value is -0.790. The van der Waals surface area contributed by atoms with E-state index in [9.17, 15) is 9.90 Å². The molecule has 0 aliphatic heterocycles. The quantitative estimate of drug-likeness (QED) is 0.273. The Morgan fingerprint density at radius 2 is 1.68 bits per heavy atom. The van der Waals surface area contributed by atoms with Crippen molar-refractivity contribution in [2.75, 3.05) is 0 Å². The Kier molecular flexibility index (Phi) is 14.6. The molecule has 2 nitrogen and oxygen atoms in total. The van der Waals surface area contributed by atoms with Crippen molar-refractivity contribution in [1.29, 1.82) is 0 Å². The zero-order valence-corrected chi connectivity index (χ0v) is 15.2. The lowest BCUT2D eigenvalue weighted by Gasteiger charge is -2.19. The molecule has 0 aromatic carbocycles. The van der Waals surface area contributed by atoms with E-state index in [0.717, 1.165) is 32.1 Å². The van der Waals surface area contributed by atoms with Crippen LogP contribution < -0.4 is 0 Å². The molecule has 0 saturated heterocycles. The lowest BCUT2D eigenvalue weighted by atomic mass is 9.86. The van der Waals surface area contributed by atoms with Gasteiger partial charge in [-0.15, -0.1) is 0 Å². The smallest absolute Gasteiger partial charge is 0.306 e. The summed E-state index contributed by atoms with van der Waals surface area (Å²) in [5.74, 6) is -0.108. The van der Waals surface area contributed by atoms with E-state index in [0.29, 0.717) is 5.92 Å². The summed E-state index contributed by atoms with van der Waals surface area (Å²) in [5, 5.41) is 9.43. The lowest BCUT2D eigenvalue weighted by molar-refractivity contribution is -0.142. The van der Waals surface area contributed by atoms with Crippen molar-refractivity contribution < 1.29 is 9.90 Å². The van der Waals surface area contributed by atoms with E-state index in [-0.39, 0.29) is 5.92 Å². The van der Waals surface area contributed by atoms with Crippen LogP contribution >= 0.6 is 0 Å². The average Bonchev–Trinajstić information content (AvgIpc) is 2.51. The molecule has 0 amide bonds. The van der Waals surface area contributed by atoms with Gasteiger partial charge in [-0.05, 0) is 38.0 Å². The first-order valence-corrected chi connectivity index (χ1v) is 9.53. The Bertz CT molecular complexity index is 283. The molecule has 0 heterocycles. The van der Waals surface area contributed by atoms with Crippen molar-refractivity contribution in [3.05, 3.63) is 12.2 Å². The van der Waals surface area contributed by atoms with Gasteiger partial charge in [0.05, 0.1) is 5.92 Å².